The number of nitrogens with zero attached hydrogens (tertiary/aromatic N) is 2. The third kappa shape index (κ3) is 4.94. The zero-order valence-electron chi connectivity index (χ0n) is 17.1. The molecule has 2 aliphatic carbocycles. The van der Waals surface area contributed by atoms with Crippen molar-refractivity contribution in [2.45, 2.75) is 78.2 Å². The first kappa shape index (κ1) is 20.0. The Labute approximate surface area is 163 Å². The molecule has 0 bridgehead atoms. The van der Waals surface area contributed by atoms with Crippen LogP contribution in [0, 0.1) is 19.8 Å². The van der Waals surface area contributed by atoms with Crippen LogP contribution in [0.2, 0.25) is 0 Å². The first-order valence-corrected chi connectivity index (χ1v) is 10.6. The van der Waals surface area contributed by atoms with Crippen molar-refractivity contribution in [2.24, 2.45) is 5.92 Å². The van der Waals surface area contributed by atoms with Crippen molar-refractivity contribution in [3.63, 3.8) is 0 Å². The zero-order valence-corrected chi connectivity index (χ0v) is 17.1. The van der Waals surface area contributed by atoms with E-state index in [1.807, 2.05) is 11.8 Å². The van der Waals surface area contributed by atoms with Crippen molar-refractivity contribution in [1.29, 1.82) is 0 Å². The molecular weight excluding hydrogens is 340 g/mol. The zero-order chi connectivity index (χ0) is 19.4. The Hall–Kier alpha value is -1.78. The second-order valence-electron chi connectivity index (χ2n) is 8.20. The molecule has 1 aromatic heterocycles. The summed E-state index contributed by atoms with van der Waals surface area (Å²) in [5.41, 5.74) is 3.07. The summed E-state index contributed by atoms with van der Waals surface area (Å²) >= 11 is 0. The molecule has 27 heavy (non-hydrogen) atoms. The smallest absolute Gasteiger partial charge is 0.307 e. The number of hydrogen-bond acceptors (Lipinski definition) is 3. The minimum Gasteiger partial charge on any atom is -0.466 e. The summed E-state index contributed by atoms with van der Waals surface area (Å²) in [6, 6.07) is 2.58. The topological polar surface area (TPSA) is 51.5 Å². The van der Waals surface area contributed by atoms with E-state index in [9.17, 15) is 9.59 Å². The fourth-order valence-electron chi connectivity index (χ4n) is 4.41. The van der Waals surface area contributed by atoms with Gasteiger partial charge in [-0.3, -0.25) is 9.59 Å². The number of carbonyl (C=O) groups excluding carboxylic acids is 2. The van der Waals surface area contributed by atoms with Gasteiger partial charge in [-0.25, -0.2) is 0 Å². The van der Waals surface area contributed by atoms with E-state index >= 15 is 0 Å². The number of amides is 1. The number of hydrogen-bond donors (Lipinski definition) is 0. The Balaban J connectivity index is 1.75. The minimum atomic E-state index is -0.223. The van der Waals surface area contributed by atoms with Crippen LogP contribution in [0.3, 0.4) is 0 Å². The first-order valence-electron chi connectivity index (χ1n) is 10.6. The summed E-state index contributed by atoms with van der Waals surface area (Å²) in [5.74, 6) is 0.443. The van der Waals surface area contributed by atoms with Crippen LogP contribution in [0.5, 0.6) is 0 Å². The molecule has 2 aliphatic rings. The lowest BCUT2D eigenvalue weighted by atomic mass is 9.95. The summed E-state index contributed by atoms with van der Waals surface area (Å²) in [4.78, 5) is 27.0. The lowest BCUT2D eigenvalue weighted by molar-refractivity contribution is -0.143. The summed E-state index contributed by atoms with van der Waals surface area (Å²) in [5, 5.41) is 0. The Bertz CT molecular complexity index is 669. The summed E-state index contributed by atoms with van der Waals surface area (Å²) in [6.45, 7) is 7.59. The SMILES string of the molecule is CCOC(=O)CCN(CC1CC1)C(=O)c1cc(C)n(C2CCCCC2)c1C. The maximum Gasteiger partial charge on any atom is 0.307 e. The van der Waals surface area contributed by atoms with Gasteiger partial charge in [-0.1, -0.05) is 19.3 Å². The number of aromatic nitrogens is 1. The van der Waals surface area contributed by atoms with Crippen LogP contribution in [0.15, 0.2) is 6.07 Å². The maximum atomic E-state index is 13.3. The predicted octanol–water partition coefficient (Wildman–Crippen LogP) is 4.42. The molecule has 0 unspecified atom stereocenters. The average Bonchev–Trinajstić information content (AvgIpc) is 3.42. The van der Waals surface area contributed by atoms with Crippen LogP contribution in [0.1, 0.15) is 86.1 Å². The van der Waals surface area contributed by atoms with Crippen LogP contribution in [-0.2, 0) is 9.53 Å². The molecule has 2 fully saturated rings. The number of carbonyl (C=O) groups is 2. The van der Waals surface area contributed by atoms with Crippen molar-refractivity contribution < 1.29 is 14.3 Å². The number of aryl methyl sites for hydroxylation is 1. The molecule has 0 atom stereocenters. The van der Waals surface area contributed by atoms with Gasteiger partial charge in [0.1, 0.15) is 0 Å². The highest BCUT2D eigenvalue weighted by Gasteiger charge is 2.30. The number of esters is 1. The molecule has 0 radical (unpaired) electrons. The second kappa shape index (κ2) is 8.94. The summed E-state index contributed by atoms with van der Waals surface area (Å²) in [6.07, 6.45) is 8.93. The third-order valence-electron chi connectivity index (χ3n) is 6.01. The normalized spacial score (nSPS) is 17.7. The van der Waals surface area contributed by atoms with Crippen molar-refractivity contribution in [2.75, 3.05) is 19.7 Å². The highest BCUT2D eigenvalue weighted by atomic mass is 16.5. The molecule has 3 rings (SSSR count). The molecule has 0 spiro atoms. The molecule has 0 aromatic carbocycles. The highest BCUT2D eigenvalue weighted by Crippen LogP contribution is 2.33. The lowest BCUT2D eigenvalue weighted by Crippen LogP contribution is -2.35. The van der Waals surface area contributed by atoms with E-state index in [1.165, 1.54) is 50.6 Å². The second-order valence-corrected chi connectivity index (χ2v) is 8.20. The fourth-order valence-corrected chi connectivity index (χ4v) is 4.41. The highest BCUT2D eigenvalue weighted by molar-refractivity contribution is 5.96. The Morgan fingerprint density at radius 3 is 2.48 bits per heavy atom. The van der Waals surface area contributed by atoms with Gasteiger partial charge in [-0.2, -0.15) is 0 Å². The third-order valence-corrected chi connectivity index (χ3v) is 6.01. The lowest BCUT2D eigenvalue weighted by Gasteiger charge is -2.27. The molecule has 1 heterocycles. The molecule has 1 amide bonds. The van der Waals surface area contributed by atoms with Gasteiger partial charge in [0, 0.05) is 30.5 Å². The van der Waals surface area contributed by atoms with Crippen molar-refractivity contribution in [3.8, 4) is 0 Å². The Kier molecular flexibility index (Phi) is 6.61. The van der Waals surface area contributed by atoms with E-state index in [0.717, 1.165) is 17.8 Å². The van der Waals surface area contributed by atoms with Gasteiger partial charge in [-0.05, 0) is 58.4 Å². The largest absolute Gasteiger partial charge is 0.466 e. The summed E-state index contributed by atoms with van der Waals surface area (Å²) in [7, 11) is 0. The van der Waals surface area contributed by atoms with Gasteiger partial charge < -0.3 is 14.2 Å². The summed E-state index contributed by atoms with van der Waals surface area (Å²) < 4.78 is 7.43. The average molecular weight is 375 g/mol. The first-order chi connectivity index (χ1) is 13.0. The van der Waals surface area contributed by atoms with Gasteiger partial charge in [0.05, 0.1) is 18.6 Å². The van der Waals surface area contributed by atoms with Gasteiger partial charge in [0.15, 0.2) is 0 Å². The molecule has 2 saturated carbocycles. The molecule has 5 heteroatoms. The Morgan fingerprint density at radius 1 is 1.15 bits per heavy atom. The molecule has 0 aliphatic heterocycles. The van der Waals surface area contributed by atoms with E-state index < -0.39 is 0 Å². The fraction of sp³-hybridized carbons (Fsp3) is 0.727. The van der Waals surface area contributed by atoms with Crippen LogP contribution < -0.4 is 0 Å². The standard InChI is InChI=1S/C22H34N2O3/c1-4-27-21(25)12-13-23(15-18-10-11-18)22(26)20-14-16(2)24(17(20)3)19-8-6-5-7-9-19/h14,18-19H,4-13,15H2,1-3H3. The quantitative estimate of drug-likeness (QED) is 0.633. The molecule has 0 saturated heterocycles. The van der Waals surface area contributed by atoms with Gasteiger partial charge in [0.2, 0.25) is 0 Å². The van der Waals surface area contributed by atoms with Crippen molar-refractivity contribution in [1.82, 2.24) is 9.47 Å². The maximum absolute atomic E-state index is 13.3. The van der Waals surface area contributed by atoms with Crippen molar-refractivity contribution >= 4 is 11.9 Å². The van der Waals surface area contributed by atoms with Crippen LogP contribution in [0.4, 0.5) is 0 Å². The van der Waals surface area contributed by atoms with E-state index in [-0.39, 0.29) is 18.3 Å². The van der Waals surface area contributed by atoms with E-state index in [2.05, 4.69) is 24.5 Å². The Morgan fingerprint density at radius 2 is 1.85 bits per heavy atom. The van der Waals surface area contributed by atoms with Gasteiger partial charge in [0.25, 0.3) is 5.91 Å². The monoisotopic (exact) mass is 374 g/mol. The van der Waals surface area contributed by atoms with Gasteiger partial charge in [-0.15, -0.1) is 0 Å². The van der Waals surface area contributed by atoms with E-state index in [4.69, 9.17) is 4.74 Å². The molecule has 5 nitrogen and oxygen atoms in total. The predicted molar refractivity (Wildman–Crippen MR) is 106 cm³/mol. The number of ether oxygens (including phenoxy) is 1. The van der Waals surface area contributed by atoms with Crippen molar-refractivity contribution in [3.05, 3.63) is 23.0 Å². The van der Waals surface area contributed by atoms with Gasteiger partial charge >= 0.3 is 5.97 Å². The van der Waals surface area contributed by atoms with E-state index in [0.29, 0.717) is 25.1 Å². The molecule has 150 valence electrons. The number of rotatable bonds is 8. The van der Waals surface area contributed by atoms with Crippen LogP contribution >= 0.6 is 0 Å². The molecule has 1 aromatic rings. The minimum absolute atomic E-state index is 0.0707. The van der Waals surface area contributed by atoms with E-state index in [1.54, 1.807) is 0 Å². The van der Waals surface area contributed by atoms with Crippen LogP contribution in [0.25, 0.3) is 0 Å². The van der Waals surface area contributed by atoms with Crippen LogP contribution in [-0.4, -0.2) is 41.0 Å². The molecule has 0 N–H and O–H groups in total. The molecular formula is C22H34N2O3.